The molecule has 0 heterocycles. The molecule has 0 radical (unpaired) electrons. The zero-order chi connectivity index (χ0) is 27.1. The molecule has 35 heavy (non-hydrogen) atoms. The molecule has 15 nitrogen and oxygen atoms in total. The monoisotopic (exact) mass is 507 g/mol. The lowest BCUT2D eigenvalue weighted by Crippen LogP contribution is -2.62. The van der Waals surface area contributed by atoms with Crippen LogP contribution in [0.25, 0.3) is 0 Å². The average molecular weight is 508 g/mol. The van der Waals surface area contributed by atoms with Crippen LogP contribution in [0.15, 0.2) is 0 Å². The molecule has 15 heteroatoms. The first-order valence-corrected chi connectivity index (χ1v) is 10.8. The predicted octanol–water partition coefficient (Wildman–Crippen LogP) is -3.24. The number of rotatable bonds is 20. The molecule has 0 bridgehead atoms. The number of nitrogens with zero attached hydrogens (tertiary/aromatic N) is 1. The number of hydrogen-bond donors (Lipinski definition) is 7. The standard InChI is InChI=1S/C20H37N5O10/c1-19(17(30)31,15(28)21-7-11-34-3)23-5-9-25(13-14(26)27)10-6-24-20(2,18(32)33)16(29)22-8-12-35-4/h23-24H,5-13H2,1-4H3,(H,21,28)(H,22,29)(H,26,27)(H,30,31)(H,32,33). The van der Waals surface area contributed by atoms with Gasteiger partial charge in [-0.1, -0.05) is 0 Å². The second kappa shape index (κ2) is 15.9. The Balaban J connectivity index is 5.05. The molecule has 0 aromatic carbocycles. The first-order valence-electron chi connectivity index (χ1n) is 10.8. The molecule has 0 aliphatic carbocycles. The van der Waals surface area contributed by atoms with Crippen molar-refractivity contribution < 1.29 is 48.8 Å². The summed E-state index contributed by atoms with van der Waals surface area (Å²) < 4.78 is 9.62. The van der Waals surface area contributed by atoms with E-state index >= 15 is 0 Å². The number of aliphatic carboxylic acids is 3. The third-order valence-corrected chi connectivity index (χ3v) is 5.12. The van der Waals surface area contributed by atoms with E-state index in [0.717, 1.165) is 0 Å². The number of carbonyl (C=O) groups excluding carboxylic acids is 2. The van der Waals surface area contributed by atoms with Gasteiger partial charge < -0.3 is 35.4 Å². The van der Waals surface area contributed by atoms with Gasteiger partial charge in [-0.15, -0.1) is 0 Å². The van der Waals surface area contributed by atoms with E-state index in [-0.39, 0.29) is 52.5 Å². The number of ether oxygens (including phenoxy) is 2. The summed E-state index contributed by atoms with van der Waals surface area (Å²) in [6.45, 7) is 2.44. The quantitative estimate of drug-likeness (QED) is 0.0638. The predicted molar refractivity (Wildman–Crippen MR) is 122 cm³/mol. The average Bonchev–Trinajstić information content (AvgIpc) is 2.77. The Bertz CT molecular complexity index is 685. The van der Waals surface area contributed by atoms with Gasteiger partial charge in [0.25, 0.3) is 11.8 Å². The molecule has 0 aromatic heterocycles. The molecule has 0 aromatic rings. The summed E-state index contributed by atoms with van der Waals surface area (Å²) in [6.07, 6.45) is 0. The lowest BCUT2D eigenvalue weighted by atomic mass is 10.0. The summed E-state index contributed by atoms with van der Waals surface area (Å²) in [7, 11) is 2.86. The van der Waals surface area contributed by atoms with Crippen molar-refractivity contribution in [1.82, 2.24) is 26.2 Å². The molecule has 2 atom stereocenters. The van der Waals surface area contributed by atoms with Gasteiger partial charge >= 0.3 is 17.9 Å². The summed E-state index contributed by atoms with van der Waals surface area (Å²) in [5.41, 5.74) is -3.94. The van der Waals surface area contributed by atoms with Crippen LogP contribution in [-0.2, 0) is 33.4 Å². The van der Waals surface area contributed by atoms with Crippen molar-refractivity contribution in [2.75, 3.05) is 73.2 Å². The fraction of sp³-hybridized carbons (Fsp3) is 0.750. The van der Waals surface area contributed by atoms with E-state index in [1.807, 2.05) is 0 Å². The third-order valence-electron chi connectivity index (χ3n) is 5.12. The van der Waals surface area contributed by atoms with Crippen molar-refractivity contribution in [3.8, 4) is 0 Å². The minimum atomic E-state index is -1.97. The SMILES string of the molecule is COCCNC(=O)C(C)(NCCN(CCNC(C)(C(=O)O)C(=O)NCCOC)CC(=O)O)C(=O)O. The van der Waals surface area contributed by atoms with Crippen LogP contribution in [0.2, 0.25) is 0 Å². The van der Waals surface area contributed by atoms with E-state index in [4.69, 9.17) is 9.47 Å². The van der Waals surface area contributed by atoms with Crippen LogP contribution in [0.1, 0.15) is 13.8 Å². The molecule has 7 N–H and O–H groups in total. The van der Waals surface area contributed by atoms with Gasteiger partial charge in [0.15, 0.2) is 11.1 Å². The normalized spacial score (nSPS) is 14.5. The van der Waals surface area contributed by atoms with Crippen LogP contribution in [0.3, 0.4) is 0 Å². The second-order valence-electron chi connectivity index (χ2n) is 7.88. The Hall–Kier alpha value is -2.85. The molecular weight excluding hydrogens is 470 g/mol. The van der Waals surface area contributed by atoms with E-state index in [1.54, 1.807) is 0 Å². The highest BCUT2D eigenvalue weighted by molar-refractivity contribution is 6.06. The van der Waals surface area contributed by atoms with Gasteiger partial charge in [-0.2, -0.15) is 0 Å². The number of hydrogen-bond acceptors (Lipinski definition) is 10. The van der Waals surface area contributed by atoms with E-state index < -0.39 is 47.3 Å². The Labute approximate surface area is 203 Å². The third kappa shape index (κ3) is 11.0. The molecular formula is C20H37N5O10. The maximum absolute atomic E-state index is 12.3. The number of methoxy groups -OCH3 is 2. The molecule has 2 amide bonds. The summed E-state index contributed by atoms with van der Waals surface area (Å²) >= 11 is 0. The Kier molecular flexibility index (Phi) is 14.6. The van der Waals surface area contributed by atoms with Gasteiger partial charge in [0.1, 0.15) is 0 Å². The largest absolute Gasteiger partial charge is 0.480 e. The Morgan fingerprint density at radius 3 is 1.37 bits per heavy atom. The van der Waals surface area contributed by atoms with Crippen LogP contribution < -0.4 is 21.3 Å². The zero-order valence-corrected chi connectivity index (χ0v) is 20.5. The van der Waals surface area contributed by atoms with Gasteiger partial charge in [-0.3, -0.25) is 29.9 Å². The topological polar surface area (TPSA) is 216 Å². The van der Waals surface area contributed by atoms with Crippen LogP contribution in [-0.4, -0.2) is 134 Å². The molecule has 2 unspecified atom stereocenters. The summed E-state index contributed by atoms with van der Waals surface area (Å²) in [4.78, 5) is 60.6. The summed E-state index contributed by atoms with van der Waals surface area (Å²) in [5, 5.41) is 38.3. The molecule has 0 aliphatic rings. The highest BCUT2D eigenvalue weighted by Crippen LogP contribution is 2.06. The van der Waals surface area contributed by atoms with Crippen molar-refractivity contribution in [2.45, 2.75) is 24.9 Å². The molecule has 0 aliphatic heterocycles. The number of carboxylic acids is 3. The molecule has 0 rings (SSSR count). The highest BCUT2D eigenvalue weighted by atomic mass is 16.5. The second-order valence-corrected chi connectivity index (χ2v) is 7.88. The van der Waals surface area contributed by atoms with Crippen LogP contribution in [0, 0.1) is 0 Å². The number of amides is 2. The molecule has 0 saturated heterocycles. The van der Waals surface area contributed by atoms with Gasteiger partial charge in [0.2, 0.25) is 0 Å². The van der Waals surface area contributed by atoms with Crippen molar-refractivity contribution in [3.05, 3.63) is 0 Å². The van der Waals surface area contributed by atoms with Crippen LogP contribution in [0.4, 0.5) is 0 Å². The van der Waals surface area contributed by atoms with E-state index in [1.165, 1.54) is 33.0 Å². The number of carboxylic acid groups (broad SMARTS) is 3. The number of nitrogens with one attached hydrogen (secondary N) is 4. The summed E-state index contributed by atoms with van der Waals surface area (Å²) in [6, 6.07) is 0. The fourth-order valence-corrected chi connectivity index (χ4v) is 2.78. The Morgan fingerprint density at radius 1 is 0.714 bits per heavy atom. The minimum absolute atomic E-state index is 0.0199. The first-order chi connectivity index (χ1) is 16.3. The van der Waals surface area contributed by atoms with Gasteiger partial charge in [0, 0.05) is 53.5 Å². The van der Waals surface area contributed by atoms with Crippen molar-refractivity contribution >= 4 is 29.7 Å². The van der Waals surface area contributed by atoms with Gasteiger partial charge in [-0.05, 0) is 13.8 Å². The van der Waals surface area contributed by atoms with Crippen molar-refractivity contribution in [1.29, 1.82) is 0 Å². The smallest absolute Gasteiger partial charge is 0.333 e. The lowest BCUT2D eigenvalue weighted by molar-refractivity contribution is -0.151. The Morgan fingerprint density at radius 2 is 1.09 bits per heavy atom. The van der Waals surface area contributed by atoms with Crippen molar-refractivity contribution in [2.24, 2.45) is 0 Å². The lowest BCUT2D eigenvalue weighted by Gasteiger charge is -2.29. The maximum atomic E-state index is 12.3. The molecule has 0 saturated carbocycles. The maximum Gasteiger partial charge on any atom is 0.333 e. The van der Waals surface area contributed by atoms with Gasteiger partial charge in [-0.25, -0.2) is 9.59 Å². The van der Waals surface area contributed by atoms with Gasteiger partial charge in [0.05, 0.1) is 19.8 Å². The zero-order valence-electron chi connectivity index (χ0n) is 20.5. The minimum Gasteiger partial charge on any atom is -0.480 e. The molecule has 202 valence electrons. The number of carbonyl (C=O) groups is 5. The molecule has 0 spiro atoms. The first kappa shape index (κ1) is 32.1. The molecule has 0 fully saturated rings. The fourth-order valence-electron chi connectivity index (χ4n) is 2.78. The van der Waals surface area contributed by atoms with E-state index in [9.17, 15) is 39.3 Å². The van der Waals surface area contributed by atoms with E-state index in [2.05, 4.69) is 21.3 Å². The van der Waals surface area contributed by atoms with Crippen LogP contribution >= 0.6 is 0 Å². The highest BCUT2D eigenvalue weighted by Gasteiger charge is 2.42. The summed E-state index contributed by atoms with van der Waals surface area (Å²) in [5.74, 6) is -5.58. The van der Waals surface area contributed by atoms with Crippen molar-refractivity contribution in [3.63, 3.8) is 0 Å². The van der Waals surface area contributed by atoms with Crippen LogP contribution in [0.5, 0.6) is 0 Å². The van der Waals surface area contributed by atoms with E-state index in [0.29, 0.717) is 0 Å².